The summed E-state index contributed by atoms with van der Waals surface area (Å²) in [5, 5.41) is 0. The Hall–Kier alpha value is -2.10. The summed E-state index contributed by atoms with van der Waals surface area (Å²) >= 11 is 0. The van der Waals surface area contributed by atoms with Crippen LogP contribution < -0.4 is 0 Å². The largest absolute Gasteiger partial charge is 0.416 e. The first-order chi connectivity index (χ1) is 17.0. The van der Waals surface area contributed by atoms with Crippen LogP contribution in [-0.4, -0.2) is 37.4 Å². The van der Waals surface area contributed by atoms with Crippen molar-refractivity contribution in [1.82, 2.24) is 4.90 Å². The van der Waals surface area contributed by atoms with E-state index in [-0.39, 0.29) is 23.5 Å². The van der Waals surface area contributed by atoms with Crippen LogP contribution in [0.4, 0.5) is 26.3 Å². The standard InChI is InChI=1S/C27H31F6NO2/c1-18(21-15-22(26(28,29)30)17-23(16-21)27(31,32)33)36-25-24(19-7-3-2-4-8-19)20(10-14-35-25)9-13-34-11-5-6-12-34/h2-4,7-8,15-18,20,24-25H,5-6,9-14H2,1H3/t18-,20+,24-,25-/m1/s1. The summed E-state index contributed by atoms with van der Waals surface area (Å²) in [5.74, 6) is 0.0316. The maximum absolute atomic E-state index is 13.4. The van der Waals surface area contributed by atoms with E-state index in [1.165, 1.54) is 19.8 Å². The summed E-state index contributed by atoms with van der Waals surface area (Å²) in [5.41, 5.74) is -1.90. The van der Waals surface area contributed by atoms with E-state index in [0.717, 1.165) is 50.2 Å². The van der Waals surface area contributed by atoms with Crippen LogP contribution >= 0.6 is 0 Å². The van der Waals surface area contributed by atoms with E-state index >= 15 is 0 Å². The van der Waals surface area contributed by atoms with E-state index in [0.29, 0.717) is 6.61 Å². The molecule has 0 spiro atoms. The molecule has 0 bridgehead atoms. The maximum Gasteiger partial charge on any atom is 0.416 e. The molecule has 0 aromatic heterocycles. The first kappa shape index (κ1) is 26.9. The van der Waals surface area contributed by atoms with Crippen molar-refractivity contribution in [2.45, 2.75) is 63.3 Å². The zero-order valence-electron chi connectivity index (χ0n) is 20.1. The Morgan fingerprint density at radius 1 is 0.944 bits per heavy atom. The Morgan fingerprint density at radius 2 is 1.56 bits per heavy atom. The van der Waals surface area contributed by atoms with E-state index < -0.39 is 35.9 Å². The zero-order chi connectivity index (χ0) is 25.9. The van der Waals surface area contributed by atoms with Crippen molar-refractivity contribution in [2.24, 2.45) is 5.92 Å². The third kappa shape index (κ3) is 6.61. The second-order valence-corrected chi connectivity index (χ2v) is 9.68. The molecular weight excluding hydrogens is 484 g/mol. The molecule has 2 aromatic rings. The van der Waals surface area contributed by atoms with Crippen LogP contribution in [0.5, 0.6) is 0 Å². The molecule has 2 saturated heterocycles. The van der Waals surface area contributed by atoms with Gasteiger partial charge in [-0.1, -0.05) is 30.3 Å². The molecule has 0 radical (unpaired) electrons. The van der Waals surface area contributed by atoms with Crippen LogP contribution in [0, 0.1) is 5.92 Å². The Bertz CT molecular complexity index is 956. The lowest BCUT2D eigenvalue weighted by Crippen LogP contribution is -2.38. The number of ether oxygens (including phenoxy) is 2. The molecule has 0 N–H and O–H groups in total. The van der Waals surface area contributed by atoms with Gasteiger partial charge in [0.25, 0.3) is 0 Å². The highest BCUT2D eigenvalue weighted by atomic mass is 19.4. The number of benzene rings is 2. The molecule has 2 aromatic carbocycles. The second-order valence-electron chi connectivity index (χ2n) is 9.68. The van der Waals surface area contributed by atoms with Gasteiger partial charge in [0, 0.05) is 5.92 Å². The fourth-order valence-corrected chi connectivity index (χ4v) is 5.24. The predicted octanol–water partition coefficient (Wildman–Crippen LogP) is 7.43. The van der Waals surface area contributed by atoms with Crippen molar-refractivity contribution in [2.75, 3.05) is 26.2 Å². The average Bonchev–Trinajstić information content (AvgIpc) is 3.36. The summed E-state index contributed by atoms with van der Waals surface area (Å²) in [6.45, 7) is 4.98. The summed E-state index contributed by atoms with van der Waals surface area (Å²) in [4.78, 5) is 2.43. The van der Waals surface area contributed by atoms with Gasteiger partial charge in [-0.05, 0) is 87.5 Å². The van der Waals surface area contributed by atoms with Gasteiger partial charge in [-0.2, -0.15) is 26.3 Å². The average molecular weight is 516 g/mol. The van der Waals surface area contributed by atoms with E-state index in [2.05, 4.69) is 4.90 Å². The highest BCUT2D eigenvalue weighted by molar-refractivity contribution is 5.34. The minimum atomic E-state index is -4.91. The monoisotopic (exact) mass is 515 g/mol. The van der Waals surface area contributed by atoms with Gasteiger partial charge in [-0.15, -0.1) is 0 Å². The molecule has 4 rings (SSSR count). The highest BCUT2D eigenvalue weighted by Crippen LogP contribution is 2.42. The predicted molar refractivity (Wildman–Crippen MR) is 123 cm³/mol. The molecule has 198 valence electrons. The number of hydrogen-bond donors (Lipinski definition) is 0. The topological polar surface area (TPSA) is 21.7 Å². The van der Waals surface area contributed by atoms with E-state index in [4.69, 9.17) is 9.47 Å². The van der Waals surface area contributed by atoms with E-state index in [1.807, 2.05) is 30.3 Å². The molecule has 0 saturated carbocycles. The Kier molecular flexibility index (Phi) is 8.32. The lowest BCUT2D eigenvalue weighted by atomic mass is 9.79. The minimum Gasteiger partial charge on any atom is -0.352 e. The molecule has 3 nitrogen and oxygen atoms in total. The minimum absolute atomic E-state index is 0.133. The van der Waals surface area contributed by atoms with E-state index in [9.17, 15) is 26.3 Å². The van der Waals surface area contributed by atoms with Crippen molar-refractivity contribution < 1.29 is 35.8 Å². The number of likely N-dealkylation sites (tertiary alicyclic amines) is 1. The third-order valence-corrected chi connectivity index (χ3v) is 7.19. The molecular formula is C27H31F6NO2. The summed E-state index contributed by atoms with van der Waals surface area (Å²) in [6, 6.07) is 11.2. The number of hydrogen-bond acceptors (Lipinski definition) is 3. The lowest BCUT2D eigenvalue weighted by Gasteiger charge is -2.40. The Balaban J connectivity index is 1.58. The summed E-state index contributed by atoms with van der Waals surface area (Å²) in [6.07, 6.45) is -7.55. The fraction of sp³-hybridized carbons (Fsp3) is 0.556. The van der Waals surface area contributed by atoms with Crippen LogP contribution in [0.2, 0.25) is 0 Å². The molecule has 2 heterocycles. The normalized spacial score (nSPS) is 24.7. The Morgan fingerprint density at radius 3 is 2.14 bits per heavy atom. The highest BCUT2D eigenvalue weighted by Gasteiger charge is 2.40. The van der Waals surface area contributed by atoms with E-state index in [1.54, 1.807) is 0 Å². The molecule has 0 unspecified atom stereocenters. The molecule has 0 aliphatic carbocycles. The van der Waals surface area contributed by atoms with Gasteiger partial charge < -0.3 is 14.4 Å². The molecule has 2 aliphatic rings. The van der Waals surface area contributed by atoms with Crippen molar-refractivity contribution >= 4 is 0 Å². The van der Waals surface area contributed by atoms with Crippen molar-refractivity contribution in [3.8, 4) is 0 Å². The van der Waals surface area contributed by atoms with Gasteiger partial charge in [0.05, 0.1) is 23.8 Å². The molecule has 2 aliphatic heterocycles. The fourth-order valence-electron chi connectivity index (χ4n) is 5.24. The summed E-state index contributed by atoms with van der Waals surface area (Å²) < 4.78 is 92.3. The van der Waals surface area contributed by atoms with Gasteiger partial charge >= 0.3 is 12.4 Å². The van der Waals surface area contributed by atoms with Crippen molar-refractivity contribution in [3.05, 3.63) is 70.8 Å². The van der Waals surface area contributed by atoms with Crippen LogP contribution in [0.3, 0.4) is 0 Å². The second kappa shape index (κ2) is 11.1. The molecule has 0 amide bonds. The van der Waals surface area contributed by atoms with Crippen LogP contribution in [0.1, 0.15) is 66.9 Å². The van der Waals surface area contributed by atoms with Crippen LogP contribution in [0.15, 0.2) is 48.5 Å². The smallest absolute Gasteiger partial charge is 0.352 e. The Labute approximate surface area is 207 Å². The van der Waals surface area contributed by atoms with Gasteiger partial charge in [0.1, 0.15) is 0 Å². The quantitative estimate of drug-likeness (QED) is 0.358. The zero-order valence-corrected chi connectivity index (χ0v) is 20.1. The SMILES string of the molecule is C[C@@H](O[C@H]1OCC[C@H](CCN2CCCC2)[C@H]1c1ccccc1)c1cc(C(F)(F)F)cc(C(F)(F)F)c1. The molecule has 9 heteroatoms. The number of halogens is 6. The molecule has 2 fully saturated rings. The summed E-state index contributed by atoms with van der Waals surface area (Å²) in [7, 11) is 0. The first-order valence-corrected chi connectivity index (χ1v) is 12.4. The lowest BCUT2D eigenvalue weighted by molar-refractivity contribution is -0.209. The van der Waals surface area contributed by atoms with Crippen molar-refractivity contribution in [1.29, 1.82) is 0 Å². The number of alkyl halides is 6. The number of rotatable bonds is 7. The van der Waals surface area contributed by atoms with Gasteiger partial charge in [-0.25, -0.2) is 0 Å². The van der Waals surface area contributed by atoms with Crippen molar-refractivity contribution in [3.63, 3.8) is 0 Å². The van der Waals surface area contributed by atoms with Crippen LogP contribution in [-0.2, 0) is 21.8 Å². The number of nitrogens with zero attached hydrogens (tertiary/aromatic N) is 1. The van der Waals surface area contributed by atoms with Gasteiger partial charge in [-0.3, -0.25) is 0 Å². The first-order valence-electron chi connectivity index (χ1n) is 12.4. The van der Waals surface area contributed by atoms with Gasteiger partial charge in [0.2, 0.25) is 0 Å². The molecule has 4 atom stereocenters. The van der Waals surface area contributed by atoms with Crippen LogP contribution in [0.25, 0.3) is 0 Å². The third-order valence-electron chi connectivity index (χ3n) is 7.19. The molecule has 36 heavy (non-hydrogen) atoms. The van der Waals surface area contributed by atoms with Gasteiger partial charge in [0.15, 0.2) is 6.29 Å². The maximum atomic E-state index is 13.4.